The van der Waals surface area contributed by atoms with E-state index in [4.69, 9.17) is 4.74 Å². The second-order valence-corrected chi connectivity index (χ2v) is 6.31. The Hall–Kier alpha value is -1.80. The van der Waals surface area contributed by atoms with Crippen molar-refractivity contribution < 1.29 is 4.74 Å². The van der Waals surface area contributed by atoms with Crippen molar-refractivity contribution in [3.05, 3.63) is 34.7 Å². The third kappa shape index (κ3) is 4.59. The van der Waals surface area contributed by atoms with E-state index in [1.54, 1.807) is 12.4 Å². The third-order valence-electron chi connectivity index (χ3n) is 3.69. The zero-order valence-corrected chi connectivity index (χ0v) is 14.6. The summed E-state index contributed by atoms with van der Waals surface area (Å²) in [7, 11) is 0. The van der Waals surface area contributed by atoms with Gasteiger partial charge in [-0.3, -0.25) is 4.90 Å². The van der Waals surface area contributed by atoms with Crippen LogP contribution in [0.2, 0.25) is 0 Å². The van der Waals surface area contributed by atoms with E-state index in [0.29, 0.717) is 12.5 Å². The minimum absolute atomic E-state index is 0.581. The molecule has 0 radical (unpaired) electrons. The molecule has 1 saturated heterocycles. The molecule has 0 N–H and O–H groups in total. The second-order valence-electron chi connectivity index (χ2n) is 5.39. The molecule has 0 atom stereocenters. The molecule has 23 heavy (non-hydrogen) atoms. The van der Waals surface area contributed by atoms with Crippen LogP contribution in [-0.4, -0.2) is 64.4 Å². The van der Waals surface area contributed by atoms with E-state index in [2.05, 4.69) is 45.9 Å². The van der Waals surface area contributed by atoms with Gasteiger partial charge in [0.15, 0.2) is 0 Å². The van der Waals surface area contributed by atoms with Gasteiger partial charge in [0.25, 0.3) is 0 Å². The molecular weight excluding hydrogens is 360 g/mol. The number of ether oxygens (including phenoxy) is 1. The van der Waals surface area contributed by atoms with Gasteiger partial charge in [-0.2, -0.15) is 5.10 Å². The van der Waals surface area contributed by atoms with Gasteiger partial charge >= 0.3 is 0 Å². The highest BCUT2D eigenvalue weighted by atomic mass is 79.9. The van der Waals surface area contributed by atoms with Crippen molar-refractivity contribution in [2.45, 2.75) is 6.92 Å². The van der Waals surface area contributed by atoms with Gasteiger partial charge in [0.05, 0.1) is 10.2 Å². The molecule has 0 amide bonds. The number of anilines is 1. The van der Waals surface area contributed by atoms with E-state index in [0.717, 1.165) is 48.8 Å². The molecule has 7 nitrogen and oxygen atoms in total. The molecule has 0 saturated carbocycles. The monoisotopic (exact) mass is 378 g/mol. The fourth-order valence-corrected chi connectivity index (χ4v) is 2.59. The Morgan fingerprint density at radius 3 is 2.48 bits per heavy atom. The second kappa shape index (κ2) is 7.65. The van der Waals surface area contributed by atoms with Gasteiger partial charge in [0.2, 0.25) is 11.8 Å². The van der Waals surface area contributed by atoms with E-state index >= 15 is 0 Å². The predicted octanol–water partition coefficient (Wildman–Crippen LogP) is 1.54. The SMILES string of the molecule is Cc1ccc(OCCN2CCN(c3ncc(Br)cn3)CC2)nn1. The first-order chi connectivity index (χ1) is 11.2. The fourth-order valence-electron chi connectivity index (χ4n) is 2.38. The van der Waals surface area contributed by atoms with Gasteiger partial charge in [-0.05, 0) is 28.9 Å². The number of aromatic nitrogens is 4. The average molecular weight is 379 g/mol. The van der Waals surface area contributed by atoms with E-state index in [1.807, 2.05) is 19.1 Å². The van der Waals surface area contributed by atoms with Crippen LogP contribution >= 0.6 is 15.9 Å². The lowest BCUT2D eigenvalue weighted by Crippen LogP contribution is -2.48. The van der Waals surface area contributed by atoms with Crippen molar-refractivity contribution in [2.24, 2.45) is 0 Å². The van der Waals surface area contributed by atoms with Gasteiger partial charge in [0.1, 0.15) is 6.61 Å². The lowest BCUT2D eigenvalue weighted by Gasteiger charge is -2.34. The zero-order valence-electron chi connectivity index (χ0n) is 13.0. The van der Waals surface area contributed by atoms with Gasteiger partial charge < -0.3 is 9.64 Å². The van der Waals surface area contributed by atoms with Gasteiger partial charge in [-0.15, -0.1) is 5.10 Å². The van der Waals surface area contributed by atoms with E-state index in [1.165, 1.54) is 0 Å². The number of halogens is 1. The molecule has 0 unspecified atom stereocenters. The third-order valence-corrected chi connectivity index (χ3v) is 4.10. The smallest absolute Gasteiger partial charge is 0.233 e. The summed E-state index contributed by atoms with van der Waals surface area (Å²) >= 11 is 3.36. The summed E-state index contributed by atoms with van der Waals surface area (Å²) in [6.45, 7) is 7.20. The van der Waals surface area contributed by atoms with Crippen molar-refractivity contribution in [3.63, 3.8) is 0 Å². The number of nitrogens with zero attached hydrogens (tertiary/aromatic N) is 6. The summed E-state index contributed by atoms with van der Waals surface area (Å²) in [6, 6.07) is 3.75. The molecule has 0 aromatic carbocycles. The average Bonchev–Trinajstić information content (AvgIpc) is 2.58. The Morgan fingerprint density at radius 1 is 1.09 bits per heavy atom. The Bertz CT molecular complexity index is 610. The maximum atomic E-state index is 5.63. The maximum absolute atomic E-state index is 5.63. The van der Waals surface area contributed by atoms with Crippen LogP contribution < -0.4 is 9.64 Å². The highest BCUT2D eigenvalue weighted by Crippen LogP contribution is 2.13. The van der Waals surface area contributed by atoms with Crippen LogP contribution in [0.5, 0.6) is 5.88 Å². The molecular formula is C15H19BrN6O. The Balaban J connectivity index is 1.40. The molecule has 1 fully saturated rings. The minimum Gasteiger partial charge on any atom is -0.475 e. The number of rotatable bonds is 5. The topological polar surface area (TPSA) is 67.3 Å². The number of piperazine rings is 1. The van der Waals surface area contributed by atoms with Gasteiger partial charge in [-0.25, -0.2) is 9.97 Å². The van der Waals surface area contributed by atoms with E-state index in [9.17, 15) is 0 Å². The van der Waals surface area contributed by atoms with Crippen LogP contribution in [0.25, 0.3) is 0 Å². The van der Waals surface area contributed by atoms with Gasteiger partial charge in [0, 0.05) is 51.2 Å². The Kier molecular flexibility index (Phi) is 5.35. The maximum Gasteiger partial charge on any atom is 0.233 e. The molecule has 8 heteroatoms. The summed E-state index contributed by atoms with van der Waals surface area (Å²) in [4.78, 5) is 13.3. The van der Waals surface area contributed by atoms with Crippen molar-refractivity contribution >= 4 is 21.9 Å². The first-order valence-electron chi connectivity index (χ1n) is 7.59. The molecule has 0 aliphatic carbocycles. The molecule has 1 aliphatic rings. The van der Waals surface area contributed by atoms with Crippen LogP contribution in [0.3, 0.4) is 0 Å². The first-order valence-corrected chi connectivity index (χ1v) is 8.38. The largest absolute Gasteiger partial charge is 0.475 e. The highest BCUT2D eigenvalue weighted by molar-refractivity contribution is 9.10. The number of aryl methyl sites for hydroxylation is 1. The molecule has 122 valence electrons. The van der Waals surface area contributed by atoms with E-state index in [-0.39, 0.29) is 0 Å². The highest BCUT2D eigenvalue weighted by Gasteiger charge is 2.18. The zero-order chi connectivity index (χ0) is 16.1. The first kappa shape index (κ1) is 16.1. The molecule has 3 heterocycles. The summed E-state index contributed by atoms with van der Waals surface area (Å²) in [5, 5.41) is 7.98. The molecule has 1 aliphatic heterocycles. The summed E-state index contributed by atoms with van der Waals surface area (Å²) in [5.41, 5.74) is 0.892. The summed E-state index contributed by atoms with van der Waals surface area (Å²) in [6.07, 6.45) is 3.57. The van der Waals surface area contributed by atoms with Crippen molar-refractivity contribution in [1.29, 1.82) is 0 Å². The van der Waals surface area contributed by atoms with Gasteiger partial charge in [-0.1, -0.05) is 0 Å². The standard InChI is InChI=1S/C15H19BrN6O/c1-12-2-3-14(20-19-12)23-9-8-21-4-6-22(7-5-21)15-17-10-13(16)11-18-15/h2-3,10-11H,4-9H2,1H3. The fraction of sp³-hybridized carbons (Fsp3) is 0.467. The lowest BCUT2D eigenvalue weighted by atomic mass is 10.3. The van der Waals surface area contributed by atoms with Crippen LogP contribution in [0.15, 0.2) is 29.0 Å². The molecule has 2 aromatic rings. The molecule has 0 bridgehead atoms. The summed E-state index contributed by atoms with van der Waals surface area (Å²) in [5.74, 6) is 1.37. The van der Waals surface area contributed by atoms with E-state index < -0.39 is 0 Å². The Labute approximate surface area is 143 Å². The quantitative estimate of drug-likeness (QED) is 0.781. The molecule has 3 rings (SSSR count). The lowest BCUT2D eigenvalue weighted by molar-refractivity contribution is 0.195. The molecule has 2 aromatic heterocycles. The van der Waals surface area contributed by atoms with Crippen molar-refractivity contribution in [3.8, 4) is 5.88 Å². The molecule has 0 spiro atoms. The van der Waals surface area contributed by atoms with Crippen LogP contribution in [0.1, 0.15) is 5.69 Å². The predicted molar refractivity (Wildman–Crippen MR) is 90.6 cm³/mol. The van der Waals surface area contributed by atoms with Crippen LogP contribution in [0, 0.1) is 6.92 Å². The summed E-state index contributed by atoms with van der Waals surface area (Å²) < 4.78 is 6.53. The minimum atomic E-state index is 0.581. The van der Waals surface area contributed by atoms with Crippen molar-refractivity contribution in [2.75, 3.05) is 44.2 Å². The Morgan fingerprint density at radius 2 is 1.83 bits per heavy atom. The number of hydrogen-bond acceptors (Lipinski definition) is 7. The van der Waals surface area contributed by atoms with Crippen molar-refractivity contribution in [1.82, 2.24) is 25.1 Å². The number of hydrogen-bond donors (Lipinski definition) is 0. The normalized spacial score (nSPS) is 15.7. The van der Waals surface area contributed by atoms with Crippen LogP contribution in [0.4, 0.5) is 5.95 Å². The van der Waals surface area contributed by atoms with Crippen LogP contribution in [-0.2, 0) is 0 Å².